The summed E-state index contributed by atoms with van der Waals surface area (Å²) in [6.45, 7) is 2.02. The standard InChI is InChI=1S/C28H24Cl2N8O/c1-36-14-16-12-17(6-7-19(16)28(15-36)9-10-28)32-27-31-13-18-23(33-27)24(22-8-11-37(2)34-22)35-38(26(18)39)25-20(29)4-3-5-21(25)30/h3-8,11-13H,9-10,14-15H2,1-2H3,(H,31,32,33). The first-order valence-electron chi connectivity index (χ1n) is 12.6. The fraction of sp³-hybridized carbons (Fsp3) is 0.250. The molecular formula is C28H24Cl2N8O. The van der Waals surface area contributed by atoms with E-state index in [9.17, 15) is 4.79 Å². The maximum absolute atomic E-state index is 13.6. The van der Waals surface area contributed by atoms with Crippen molar-refractivity contribution in [2.75, 3.05) is 18.9 Å². The van der Waals surface area contributed by atoms with Crippen molar-refractivity contribution in [3.05, 3.63) is 86.4 Å². The summed E-state index contributed by atoms with van der Waals surface area (Å²) in [6.07, 6.45) is 5.79. The molecule has 1 aliphatic heterocycles. The number of aromatic nitrogens is 6. The van der Waals surface area contributed by atoms with E-state index in [2.05, 4.69) is 50.6 Å². The van der Waals surface area contributed by atoms with E-state index in [4.69, 9.17) is 28.2 Å². The molecule has 1 aliphatic carbocycles. The molecule has 7 rings (SSSR count). The summed E-state index contributed by atoms with van der Waals surface area (Å²) in [4.78, 5) is 25.2. The predicted octanol–water partition coefficient (Wildman–Crippen LogP) is 5.10. The average molecular weight is 559 g/mol. The van der Waals surface area contributed by atoms with E-state index in [-0.39, 0.29) is 5.39 Å². The van der Waals surface area contributed by atoms with Gasteiger partial charge in [-0.2, -0.15) is 14.9 Å². The summed E-state index contributed by atoms with van der Waals surface area (Å²) >= 11 is 12.9. The summed E-state index contributed by atoms with van der Waals surface area (Å²) in [5, 5.41) is 13.4. The molecular weight excluding hydrogens is 535 g/mol. The highest BCUT2D eigenvalue weighted by atomic mass is 35.5. The first kappa shape index (κ1) is 24.3. The van der Waals surface area contributed by atoms with E-state index in [0.29, 0.717) is 44.0 Å². The van der Waals surface area contributed by atoms with Crippen molar-refractivity contribution < 1.29 is 0 Å². The second-order valence-electron chi connectivity index (χ2n) is 10.4. The molecule has 2 aliphatic rings. The lowest BCUT2D eigenvalue weighted by Gasteiger charge is -2.32. The highest BCUT2D eigenvalue weighted by Gasteiger charge is 2.48. The molecule has 11 heteroatoms. The monoisotopic (exact) mass is 558 g/mol. The summed E-state index contributed by atoms with van der Waals surface area (Å²) in [5.41, 5.74) is 5.18. The first-order valence-corrected chi connectivity index (χ1v) is 13.4. The van der Waals surface area contributed by atoms with Gasteiger partial charge in [0.05, 0.1) is 15.4 Å². The molecule has 196 valence electrons. The fourth-order valence-corrected chi connectivity index (χ4v) is 6.18. The van der Waals surface area contributed by atoms with Crippen molar-refractivity contribution in [3.8, 4) is 17.1 Å². The van der Waals surface area contributed by atoms with Gasteiger partial charge in [-0.1, -0.05) is 35.3 Å². The highest BCUT2D eigenvalue weighted by molar-refractivity contribution is 6.37. The third kappa shape index (κ3) is 4.09. The van der Waals surface area contributed by atoms with Gasteiger partial charge in [0.1, 0.15) is 22.6 Å². The number of benzene rings is 2. The predicted molar refractivity (Wildman–Crippen MR) is 152 cm³/mol. The maximum atomic E-state index is 13.6. The van der Waals surface area contributed by atoms with Crippen LogP contribution in [0, 0.1) is 0 Å². The summed E-state index contributed by atoms with van der Waals surface area (Å²) < 4.78 is 2.86. The number of anilines is 2. The number of aryl methyl sites for hydroxylation is 1. The zero-order valence-corrected chi connectivity index (χ0v) is 22.8. The van der Waals surface area contributed by atoms with E-state index >= 15 is 0 Å². The third-order valence-electron chi connectivity index (χ3n) is 7.54. The van der Waals surface area contributed by atoms with Crippen LogP contribution in [-0.4, -0.2) is 48.0 Å². The Hall–Kier alpha value is -3.79. The van der Waals surface area contributed by atoms with E-state index in [1.54, 1.807) is 29.1 Å². The Kier molecular flexibility index (Phi) is 5.52. The van der Waals surface area contributed by atoms with Crippen molar-refractivity contribution >= 4 is 45.7 Å². The minimum atomic E-state index is -0.433. The molecule has 0 amide bonds. The molecule has 1 spiro atoms. The number of halogens is 2. The van der Waals surface area contributed by atoms with Crippen LogP contribution in [0.1, 0.15) is 24.0 Å². The second-order valence-corrected chi connectivity index (χ2v) is 11.2. The number of nitrogens with zero attached hydrogens (tertiary/aromatic N) is 7. The van der Waals surface area contributed by atoms with E-state index in [0.717, 1.165) is 18.8 Å². The van der Waals surface area contributed by atoms with E-state index in [1.807, 2.05) is 13.1 Å². The highest BCUT2D eigenvalue weighted by Crippen LogP contribution is 2.52. The van der Waals surface area contributed by atoms with Crippen LogP contribution in [0.25, 0.3) is 28.0 Å². The molecule has 1 saturated carbocycles. The Bertz CT molecular complexity index is 1820. The van der Waals surface area contributed by atoms with Gasteiger partial charge >= 0.3 is 0 Å². The lowest BCUT2D eigenvalue weighted by molar-refractivity contribution is 0.271. The van der Waals surface area contributed by atoms with Gasteiger partial charge < -0.3 is 10.2 Å². The van der Waals surface area contributed by atoms with E-state index in [1.165, 1.54) is 34.8 Å². The number of hydrogen-bond acceptors (Lipinski definition) is 7. The van der Waals surface area contributed by atoms with E-state index < -0.39 is 5.56 Å². The topological polar surface area (TPSA) is 93.8 Å². The van der Waals surface area contributed by atoms with Crippen molar-refractivity contribution in [2.24, 2.45) is 7.05 Å². The quantitative estimate of drug-likeness (QED) is 0.327. The number of likely N-dealkylation sites (N-methyl/N-ethyl adjacent to an activating group) is 1. The fourth-order valence-electron chi connectivity index (χ4n) is 5.62. The molecule has 0 unspecified atom stereocenters. The largest absolute Gasteiger partial charge is 0.324 e. The molecule has 4 heterocycles. The Balaban J connectivity index is 1.35. The molecule has 1 N–H and O–H groups in total. The number of hydrogen-bond donors (Lipinski definition) is 1. The smallest absolute Gasteiger partial charge is 0.282 e. The number of rotatable bonds is 4. The van der Waals surface area contributed by atoms with Crippen LogP contribution in [0.5, 0.6) is 0 Å². The Morgan fingerprint density at radius 1 is 1.03 bits per heavy atom. The van der Waals surface area contributed by atoms with Gasteiger partial charge in [-0.25, -0.2) is 9.97 Å². The van der Waals surface area contributed by atoms with Gasteiger partial charge in [-0.05, 0) is 61.3 Å². The molecule has 1 fully saturated rings. The van der Waals surface area contributed by atoms with Gasteiger partial charge in [-0.15, -0.1) is 0 Å². The number of nitrogens with one attached hydrogen (secondary N) is 1. The van der Waals surface area contributed by atoms with Gasteiger partial charge in [0.2, 0.25) is 5.95 Å². The van der Waals surface area contributed by atoms with Gasteiger partial charge in [-0.3, -0.25) is 9.48 Å². The van der Waals surface area contributed by atoms with Crippen LogP contribution in [-0.2, 0) is 19.0 Å². The summed E-state index contributed by atoms with van der Waals surface area (Å²) in [6, 6.07) is 13.3. The normalized spacial score (nSPS) is 16.0. The number of fused-ring (bicyclic) bond motifs is 3. The van der Waals surface area contributed by atoms with Crippen LogP contribution in [0.2, 0.25) is 10.0 Å². The minimum Gasteiger partial charge on any atom is -0.324 e. The number of para-hydroxylation sites is 1. The molecule has 0 saturated heterocycles. The molecule has 9 nitrogen and oxygen atoms in total. The van der Waals surface area contributed by atoms with Crippen molar-refractivity contribution in [2.45, 2.75) is 24.8 Å². The zero-order valence-electron chi connectivity index (χ0n) is 21.3. The van der Waals surface area contributed by atoms with Crippen LogP contribution in [0.3, 0.4) is 0 Å². The Morgan fingerprint density at radius 3 is 2.54 bits per heavy atom. The summed E-state index contributed by atoms with van der Waals surface area (Å²) in [7, 11) is 3.98. The van der Waals surface area contributed by atoms with Crippen LogP contribution in [0.15, 0.2) is 59.7 Å². The Labute approximate surface area is 234 Å². The maximum Gasteiger partial charge on any atom is 0.282 e. The minimum absolute atomic E-state index is 0.273. The van der Waals surface area contributed by atoms with Crippen molar-refractivity contribution in [1.82, 2.24) is 34.4 Å². The second kappa shape index (κ2) is 8.87. The van der Waals surface area contributed by atoms with Gasteiger partial charge in [0, 0.05) is 43.6 Å². The first-order chi connectivity index (χ1) is 18.8. The molecule has 0 atom stereocenters. The van der Waals surface area contributed by atoms with Gasteiger partial charge in [0.25, 0.3) is 5.56 Å². The van der Waals surface area contributed by atoms with Crippen LogP contribution < -0.4 is 10.9 Å². The Morgan fingerprint density at radius 2 is 1.82 bits per heavy atom. The molecule has 0 radical (unpaired) electrons. The zero-order chi connectivity index (χ0) is 26.9. The lowest BCUT2D eigenvalue weighted by Crippen LogP contribution is -2.35. The van der Waals surface area contributed by atoms with Crippen molar-refractivity contribution in [1.29, 1.82) is 0 Å². The summed E-state index contributed by atoms with van der Waals surface area (Å²) in [5.74, 6) is 0.361. The average Bonchev–Trinajstić information content (AvgIpc) is 3.52. The molecule has 5 aromatic rings. The molecule has 0 bridgehead atoms. The SMILES string of the molecule is CN1Cc2cc(Nc3ncc4c(=O)n(-c5c(Cl)cccc5Cl)nc(-c5ccn(C)n5)c4n3)ccc2C2(CC2)C1. The molecule has 3 aromatic heterocycles. The van der Waals surface area contributed by atoms with Crippen LogP contribution >= 0.6 is 23.2 Å². The van der Waals surface area contributed by atoms with Gasteiger partial charge in [0.15, 0.2) is 0 Å². The van der Waals surface area contributed by atoms with Crippen LogP contribution in [0.4, 0.5) is 11.6 Å². The van der Waals surface area contributed by atoms with Crippen molar-refractivity contribution in [3.63, 3.8) is 0 Å². The molecule has 2 aromatic carbocycles. The third-order valence-corrected chi connectivity index (χ3v) is 8.15. The molecule has 39 heavy (non-hydrogen) atoms. The lowest BCUT2D eigenvalue weighted by atomic mass is 9.87.